The summed E-state index contributed by atoms with van der Waals surface area (Å²) in [6, 6.07) is 3.68. The molecule has 3 nitrogen and oxygen atoms in total. The normalized spacial score (nSPS) is 11.5. The first-order valence-electron chi connectivity index (χ1n) is 3.70. The average molecular weight is 310 g/mol. The van der Waals surface area contributed by atoms with Gasteiger partial charge in [-0.05, 0) is 18.6 Å². The molecule has 0 radical (unpaired) electrons. The van der Waals surface area contributed by atoms with Gasteiger partial charge in [-0.25, -0.2) is 4.98 Å². The molecule has 0 aliphatic carbocycles. The van der Waals surface area contributed by atoms with Crippen LogP contribution in [0.1, 0.15) is 12.5 Å². The number of hydrogen-bond donors (Lipinski definition) is 1. The SMILES string of the molecule is CC(=NCc1ccc(Cl)nc1)NI. The summed E-state index contributed by atoms with van der Waals surface area (Å²) >= 11 is 7.69. The van der Waals surface area contributed by atoms with E-state index < -0.39 is 0 Å². The molecule has 0 aromatic carbocycles. The van der Waals surface area contributed by atoms with Crippen LogP contribution in [0.15, 0.2) is 23.3 Å². The van der Waals surface area contributed by atoms with Crippen LogP contribution >= 0.6 is 34.5 Å². The molecule has 1 aromatic heterocycles. The molecule has 1 rings (SSSR count). The molecule has 0 amide bonds. The van der Waals surface area contributed by atoms with Crippen LogP contribution in [0.2, 0.25) is 5.15 Å². The number of aliphatic imine (C=N–C) groups is 1. The molecule has 0 aliphatic rings. The Labute approximate surface area is 96.1 Å². The summed E-state index contributed by atoms with van der Waals surface area (Å²) in [5, 5.41) is 0.511. The van der Waals surface area contributed by atoms with E-state index >= 15 is 0 Å². The van der Waals surface area contributed by atoms with Crippen molar-refractivity contribution in [3.05, 3.63) is 29.0 Å². The Kier molecular flexibility index (Phi) is 4.44. The lowest BCUT2D eigenvalue weighted by molar-refractivity contribution is 1.03. The minimum atomic E-state index is 0.511. The van der Waals surface area contributed by atoms with Crippen LogP contribution in [-0.4, -0.2) is 10.8 Å². The van der Waals surface area contributed by atoms with Gasteiger partial charge in [-0.3, -0.25) is 4.99 Å². The molecular weight excluding hydrogens is 300 g/mol. The lowest BCUT2D eigenvalue weighted by Crippen LogP contribution is -2.06. The van der Waals surface area contributed by atoms with Crippen LogP contribution in [0.5, 0.6) is 0 Å². The van der Waals surface area contributed by atoms with Gasteiger partial charge in [0.2, 0.25) is 0 Å². The second-order valence-corrected chi connectivity index (χ2v) is 3.41. The monoisotopic (exact) mass is 309 g/mol. The molecule has 0 fully saturated rings. The van der Waals surface area contributed by atoms with Gasteiger partial charge < -0.3 is 3.53 Å². The van der Waals surface area contributed by atoms with E-state index in [4.69, 9.17) is 11.6 Å². The molecule has 1 heterocycles. The van der Waals surface area contributed by atoms with Crippen LogP contribution in [0.3, 0.4) is 0 Å². The Morgan fingerprint density at radius 1 is 1.69 bits per heavy atom. The van der Waals surface area contributed by atoms with Gasteiger partial charge in [0.05, 0.1) is 29.4 Å². The average Bonchev–Trinajstić information content (AvgIpc) is 2.16. The Morgan fingerprint density at radius 2 is 2.46 bits per heavy atom. The van der Waals surface area contributed by atoms with E-state index in [1.54, 1.807) is 12.3 Å². The molecule has 70 valence electrons. The fraction of sp³-hybridized carbons (Fsp3) is 0.250. The first-order chi connectivity index (χ1) is 6.22. The zero-order chi connectivity index (χ0) is 9.68. The van der Waals surface area contributed by atoms with E-state index in [1.165, 1.54) is 0 Å². The molecule has 0 saturated heterocycles. The third kappa shape index (κ3) is 3.91. The summed E-state index contributed by atoms with van der Waals surface area (Å²) in [5.74, 6) is 0.899. The van der Waals surface area contributed by atoms with Crippen molar-refractivity contribution in [3.63, 3.8) is 0 Å². The second-order valence-electron chi connectivity index (χ2n) is 2.49. The molecule has 13 heavy (non-hydrogen) atoms. The standard InChI is InChI=1S/C8H9ClIN3/c1-6(13-10)11-4-7-2-3-8(9)12-5-7/h2-3,5H,4H2,1H3,(H,11,13). The van der Waals surface area contributed by atoms with Crippen LogP contribution in [0, 0.1) is 0 Å². The number of aromatic nitrogens is 1. The van der Waals surface area contributed by atoms with Gasteiger partial charge in [0.25, 0.3) is 0 Å². The molecular formula is C8H9ClIN3. The summed E-state index contributed by atoms with van der Waals surface area (Å²) in [5.41, 5.74) is 1.05. The summed E-state index contributed by atoms with van der Waals surface area (Å²) in [6.45, 7) is 2.54. The predicted octanol–water partition coefficient (Wildman–Crippen LogP) is 2.59. The Balaban J connectivity index is 2.60. The molecule has 0 saturated carbocycles. The maximum atomic E-state index is 5.64. The number of hydrogen-bond acceptors (Lipinski definition) is 2. The number of pyridine rings is 1. The van der Waals surface area contributed by atoms with Crippen LogP contribution in [-0.2, 0) is 6.54 Å². The van der Waals surface area contributed by atoms with Crippen LogP contribution in [0.25, 0.3) is 0 Å². The quantitative estimate of drug-likeness (QED) is 0.300. The van der Waals surface area contributed by atoms with Gasteiger partial charge in [-0.2, -0.15) is 0 Å². The molecule has 0 bridgehead atoms. The first-order valence-corrected chi connectivity index (χ1v) is 5.16. The fourth-order valence-corrected chi connectivity index (χ4v) is 1.02. The van der Waals surface area contributed by atoms with Gasteiger partial charge >= 0.3 is 0 Å². The van der Waals surface area contributed by atoms with Crippen molar-refractivity contribution in [3.8, 4) is 0 Å². The maximum absolute atomic E-state index is 5.64. The van der Waals surface area contributed by atoms with Gasteiger partial charge in [-0.15, -0.1) is 0 Å². The van der Waals surface area contributed by atoms with Gasteiger partial charge in [0, 0.05) is 6.20 Å². The number of nitrogens with one attached hydrogen (secondary N) is 1. The van der Waals surface area contributed by atoms with Gasteiger partial charge in [0.1, 0.15) is 11.0 Å². The van der Waals surface area contributed by atoms with Gasteiger partial charge in [0.15, 0.2) is 0 Å². The highest BCUT2D eigenvalue weighted by Crippen LogP contribution is 2.05. The second kappa shape index (κ2) is 5.39. The number of halogens is 2. The van der Waals surface area contributed by atoms with E-state index in [9.17, 15) is 0 Å². The Bertz CT molecular complexity index is 297. The van der Waals surface area contributed by atoms with Crippen molar-refractivity contribution in [2.45, 2.75) is 13.5 Å². The summed E-state index contributed by atoms with van der Waals surface area (Å²) in [7, 11) is 0. The summed E-state index contributed by atoms with van der Waals surface area (Å²) in [6.07, 6.45) is 1.73. The van der Waals surface area contributed by atoms with Crippen molar-refractivity contribution < 1.29 is 0 Å². The topological polar surface area (TPSA) is 37.3 Å². The molecule has 1 N–H and O–H groups in total. The van der Waals surface area contributed by atoms with Crippen LogP contribution < -0.4 is 3.53 Å². The van der Waals surface area contributed by atoms with Gasteiger partial charge in [-0.1, -0.05) is 17.7 Å². The molecule has 0 aliphatic heterocycles. The third-order valence-corrected chi connectivity index (χ3v) is 2.43. The fourth-order valence-electron chi connectivity index (χ4n) is 0.740. The van der Waals surface area contributed by atoms with Crippen molar-refractivity contribution >= 4 is 40.3 Å². The lowest BCUT2D eigenvalue weighted by atomic mass is 10.3. The molecule has 5 heteroatoms. The minimum absolute atomic E-state index is 0.511. The highest BCUT2D eigenvalue weighted by Gasteiger charge is 1.92. The highest BCUT2D eigenvalue weighted by atomic mass is 127. The summed E-state index contributed by atoms with van der Waals surface area (Å²) < 4.78 is 2.92. The Morgan fingerprint density at radius 3 is 3.00 bits per heavy atom. The van der Waals surface area contributed by atoms with Crippen molar-refractivity contribution in [1.82, 2.24) is 8.51 Å². The van der Waals surface area contributed by atoms with Crippen molar-refractivity contribution in [2.75, 3.05) is 0 Å². The zero-order valence-electron chi connectivity index (χ0n) is 7.09. The van der Waals surface area contributed by atoms with Crippen LogP contribution in [0.4, 0.5) is 0 Å². The highest BCUT2D eigenvalue weighted by molar-refractivity contribution is 14.1. The predicted molar refractivity (Wildman–Crippen MR) is 63.2 cm³/mol. The van der Waals surface area contributed by atoms with E-state index in [2.05, 4.69) is 13.5 Å². The smallest absolute Gasteiger partial charge is 0.129 e. The van der Waals surface area contributed by atoms with E-state index in [1.807, 2.05) is 35.9 Å². The molecule has 0 unspecified atom stereocenters. The number of nitrogens with zero attached hydrogens (tertiary/aromatic N) is 2. The van der Waals surface area contributed by atoms with E-state index in [0.29, 0.717) is 11.7 Å². The Hall–Kier alpha value is -0.360. The molecule has 0 atom stereocenters. The first kappa shape index (κ1) is 10.7. The number of rotatable bonds is 2. The van der Waals surface area contributed by atoms with E-state index in [0.717, 1.165) is 11.4 Å². The van der Waals surface area contributed by atoms with Crippen molar-refractivity contribution in [1.29, 1.82) is 0 Å². The zero-order valence-corrected chi connectivity index (χ0v) is 10.0. The third-order valence-electron chi connectivity index (χ3n) is 1.42. The van der Waals surface area contributed by atoms with E-state index in [-0.39, 0.29) is 0 Å². The summed E-state index contributed by atoms with van der Waals surface area (Å²) in [4.78, 5) is 8.21. The molecule has 0 spiro atoms. The largest absolute Gasteiger partial charge is 0.317 e. The molecule has 1 aromatic rings. The maximum Gasteiger partial charge on any atom is 0.129 e. The minimum Gasteiger partial charge on any atom is -0.317 e. The van der Waals surface area contributed by atoms with Crippen molar-refractivity contribution in [2.24, 2.45) is 4.99 Å². The lowest BCUT2D eigenvalue weighted by Gasteiger charge is -1.98. The number of amidine groups is 1.